The van der Waals surface area contributed by atoms with E-state index in [2.05, 4.69) is 15.6 Å². The highest BCUT2D eigenvalue weighted by Crippen LogP contribution is 2.21. The van der Waals surface area contributed by atoms with Crippen LogP contribution in [-0.4, -0.2) is 44.2 Å². The normalized spacial score (nSPS) is 15.9. The number of anilines is 1. The van der Waals surface area contributed by atoms with Gasteiger partial charge in [-0.15, -0.1) is 0 Å². The van der Waals surface area contributed by atoms with Gasteiger partial charge in [-0.05, 0) is 51.3 Å². The fraction of sp³-hybridized carbons (Fsp3) is 0.600. The van der Waals surface area contributed by atoms with Crippen molar-refractivity contribution in [3.63, 3.8) is 0 Å². The van der Waals surface area contributed by atoms with Gasteiger partial charge in [0.05, 0.1) is 12.1 Å². The van der Waals surface area contributed by atoms with Gasteiger partial charge in [0.25, 0.3) is 0 Å². The number of nitrogens with one attached hydrogen (secondary N) is 2. The number of benzene rings is 1. The van der Waals surface area contributed by atoms with Crippen molar-refractivity contribution in [3.8, 4) is 0 Å². The first-order valence-electron chi connectivity index (χ1n) is 9.42. The summed E-state index contributed by atoms with van der Waals surface area (Å²) >= 11 is 0. The molecule has 0 radical (unpaired) electrons. The van der Waals surface area contributed by atoms with Gasteiger partial charge < -0.3 is 20.3 Å². The van der Waals surface area contributed by atoms with Crippen LogP contribution in [0.2, 0.25) is 0 Å². The van der Waals surface area contributed by atoms with E-state index in [-0.39, 0.29) is 11.5 Å². The molecule has 0 unspecified atom stereocenters. The largest absolute Gasteiger partial charge is 0.377 e. The van der Waals surface area contributed by atoms with Crippen molar-refractivity contribution in [1.82, 2.24) is 10.6 Å². The molecular weight excluding hydrogens is 328 g/mol. The lowest BCUT2D eigenvalue weighted by Crippen LogP contribution is -2.45. The molecule has 1 aliphatic heterocycles. The predicted octanol–water partition coefficient (Wildman–Crippen LogP) is 2.68. The molecule has 1 heterocycles. The van der Waals surface area contributed by atoms with Crippen LogP contribution in [0.1, 0.15) is 45.6 Å². The van der Waals surface area contributed by atoms with E-state index in [9.17, 15) is 4.79 Å². The van der Waals surface area contributed by atoms with E-state index in [1.165, 1.54) is 0 Å². The zero-order chi connectivity index (χ0) is 19.0. The minimum atomic E-state index is -0.251. The number of amides is 1. The van der Waals surface area contributed by atoms with Crippen molar-refractivity contribution in [2.45, 2.75) is 52.2 Å². The number of guanidine groups is 1. The Hall–Kier alpha value is -2.08. The number of carbonyl (C=O) groups is 1. The van der Waals surface area contributed by atoms with Gasteiger partial charge in [-0.3, -0.25) is 4.79 Å². The van der Waals surface area contributed by atoms with Gasteiger partial charge in [0.2, 0.25) is 5.91 Å². The molecule has 6 heteroatoms. The standard InChI is InChI=1S/C20H32N4O2/c1-5-21-19(23-15-20(2,3)26-4)22-14-16-9-11-17(12-10-16)24-13-7-6-8-18(24)25/h9-12H,5-8,13-15H2,1-4H3,(H2,21,22,23). The zero-order valence-corrected chi connectivity index (χ0v) is 16.5. The van der Waals surface area contributed by atoms with Crippen LogP contribution in [0.15, 0.2) is 29.3 Å². The summed E-state index contributed by atoms with van der Waals surface area (Å²) in [5.41, 5.74) is 1.84. The Bertz CT molecular complexity index is 611. The lowest BCUT2D eigenvalue weighted by Gasteiger charge is -2.26. The first-order valence-corrected chi connectivity index (χ1v) is 9.42. The molecule has 0 saturated carbocycles. The monoisotopic (exact) mass is 360 g/mol. The van der Waals surface area contributed by atoms with E-state index >= 15 is 0 Å². The van der Waals surface area contributed by atoms with Crippen LogP contribution in [0.3, 0.4) is 0 Å². The Morgan fingerprint density at radius 1 is 1.23 bits per heavy atom. The van der Waals surface area contributed by atoms with E-state index in [0.29, 0.717) is 19.5 Å². The van der Waals surface area contributed by atoms with Gasteiger partial charge in [-0.1, -0.05) is 12.1 Å². The number of hydrogen-bond donors (Lipinski definition) is 2. The number of piperidine rings is 1. The lowest BCUT2D eigenvalue weighted by molar-refractivity contribution is -0.119. The van der Waals surface area contributed by atoms with Crippen LogP contribution < -0.4 is 15.5 Å². The molecule has 26 heavy (non-hydrogen) atoms. The van der Waals surface area contributed by atoms with E-state index in [1.807, 2.05) is 49.9 Å². The molecule has 1 fully saturated rings. The van der Waals surface area contributed by atoms with Gasteiger partial charge in [-0.2, -0.15) is 0 Å². The van der Waals surface area contributed by atoms with Crippen LogP contribution in [0, 0.1) is 0 Å². The molecule has 0 aromatic heterocycles. The van der Waals surface area contributed by atoms with Gasteiger partial charge in [-0.25, -0.2) is 4.99 Å². The van der Waals surface area contributed by atoms with Gasteiger partial charge in [0, 0.05) is 38.9 Å². The highest BCUT2D eigenvalue weighted by Gasteiger charge is 2.19. The van der Waals surface area contributed by atoms with E-state index in [4.69, 9.17) is 4.74 Å². The average molecular weight is 361 g/mol. The van der Waals surface area contributed by atoms with Crippen molar-refractivity contribution in [3.05, 3.63) is 29.8 Å². The van der Waals surface area contributed by atoms with Crippen LogP contribution >= 0.6 is 0 Å². The quantitative estimate of drug-likeness (QED) is 0.580. The summed E-state index contributed by atoms with van der Waals surface area (Å²) in [6.45, 7) is 8.98. The number of methoxy groups -OCH3 is 1. The van der Waals surface area contributed by atoms with Crippen LogP contribution in [0.25, 0.3) is 0 Å². The molecule has 1 saturated heterocycles. The molecule has 1 amide bonds. The molecule has 1 aromatic rings. The average Bonchev–Trinajstić information content (AvgIpc) is 2.65. The second-order valence-electron chi connectivity index (χ2n) is 7.18. The van der Waals surface area contributed by atoms with E-state index in [0.717, 1.165) is 43.1 Å². The molecule has 144 valence electrons. The fourth-order valence-corrected chi connectivity index (χ4v) is 2.74. The number of rotatable bonds is 7. The van der Waals surface area contributed by atoms with Crippen molar-refractivity contribution in [2.75, 3.05) is 31.6 Å². The molecule has 6 nitrogen and oxygen atoms in total. The van der Waals surface area contributed by atoms with Gasteiger partial charge >= 0.3 is 0 Å². The van der Waals surface area contributed by atoms with Crippen molar-refractivity contribution < 1.29 is 9.53 Å². The van der Waals surface area contributed by atoms with Gasteiger partial charge in [0.15, 0.2) is 5.96 Å². The van der Waals surface area contributed by atoms with E-state index in [1.54, 1.807) is 7.11 Å². The molecule has 0 aliphatic carbocycles. The number of nitrogens with zero attached hydrogens (tertiary/aromatic N) is 2. The molecule has 0 spiro atoms. The van der Waals surface area contributed by atoms with Crippen molar-refractivity contribution in [1.29, 1.82) is 0 Å². The Kier molecular flexibility index (Phi) is 7.45. The maximum absolute atomic E-state index is 12.0. The predicted molar refractivity (Wildman–Crippen MR) is 107 cm³/mol. The third kappa shape index (κ3) is 6.02. The minimum absolute atomic E-state index is 0.224. The molecule has 1 aromatic carbocycles. The second-order valence-corrected chi connectivity index (χ2v) is 7.18. The topological polar surface area (TPSA) is 66.0 Å². The van der Waals surface area contributed by atoms with Crippen LogP contribution in [0.5, 0.6) is 0 Å². The Morgan fingerprint density at radius 3 is 2.58 bits per heavy atom. The van der Waals surface area contributed by atoms with E-state index < -0.39 is 0 Å². The summed E-state index contributed by atoms with van der Waals surface area (Å²) in [7, 11) is 1.71. The zero-order valence-electron chi connectivity index (χ0n) is 16.5. The number of ether oxygens (including phenoxy) is 1. The highest BCUT2D eigenvalue weighted by atomic mass is 16.5. The van der Waals surface area contributed by atoms with Crippen molar-refractivity contribution >= 4 is 17.6 Å². The molecule has 1 aliphatic rings. The summed E-state index contributed by atoms with van der Waals surface area (Å²) < 4.78 is 5.43. The summed E-state index contributed by atoms with van der Waals surface area (Å²) in [6.07, 6.45) is 2.73. The maximum Gasteiger partial charge on any atom is 0.226 e. The van der Waals surface area contributed by atoms with Crippen LogP contribution in [-0.2, 0) is 16.1 Å². The third-order valence-corrected chi connectivity index (χ3v) is 4.57. The molecule has 0 atom stereocenters. The van der Waals surface area contributed by atoms with Crippen molar-refractivity contribution in [2.24, 2.45) is 4.99 Å². The highest BCUT2D eigenvalue weighted by molar-refractivity contribution is 5.93. The molecule has 2 N–H and O–H groups in total. The smallest absolute Gasteiger partial charge is 0.226 e. The first-order chi connectivity index (χ1) is 12.4. The Balaban J connectivity index is 1.97. The Morgan fingerprint density at radius 2 is 1.96 bits per heavy atom. The number of hydrogen-bond acceptors (Lipinski definition) is 3. The molecule has 2 rings (SSSR count). The number of carbonyl (C=O) groups excluding carboxylic acids is 1. The minimum Gasteiger partial charge on any atom is -0.377 e. The first kappa shape index (κ1) is 20.2. The lowest BCUT2D eigenvalue weighted by atomic mass is 10.1. The van der Waals surface area contributed by atoms with Crippen LogP contribution in [0.4, 0.5) is 5.69 Å². The Labute approximate surface area is 157 Å². The number of aliphatic imine (C=N–C) groups is 1. The fourth-order valence-electron chi connectivity index (χ4n) is 2.74. The second kappa shape index (κ2) is 9.57. The SMILES string of the molecule is CCNC(=NCc1ccc(N2CCCCC2=O)cc1)NCC(C)(C)OC. The third-order valence-electron chi connectivity index (χ3n) is 4.57. The maximum atomic E-state index is 12.0. The molecular formula is C20H32N4O2. The molecule has 0 bridgehead atoms. The summed E-state index contributed by atoms with van der Waals surface area (Å²) in [6, 6.07) is 8.12. The summed E-state index contributed by atoms with van der Waals surface area (Å²) in [5.74, 6) is 0.995. The summed E-state index contributed by atoms with van der Waals surface area (Å²) in [4.78, 5) is 18.5. The van der Waals surface area contributed by atoms with Gasteiger partial charge in [0.1, 0.15) is 0 Å². The summed E-state index contributed by atoms with van der Waals surface area (Å²) in [5, 5.41) is 6.56.